The van der Waals surface area contributed by atoms with Crippen LogP contribution < -0.4 is 4.90 Å². The molecule has 1 unspecified atom stereocenters. The predicted octanol–water partition coefficient (Wildman–Crippen LogP) is 4.57. The average Bonchev–Trinajstić information content (AvgIpc) is 2.85. The third kappa shape index (κ3) is 4.08. The van der Waals surface area contributed by atoms with E-state index in [1.165, 1.54) is 0 Å². The van der Waals surface area contributed by atoms with Crippen molar-refractivity contribution < 1.29 is 9.53 Å². The maximum absolute atomic E-state index is 13.3. The van der Waals surface area contributed by atoms with Gasteiger partial charge >= 0.3 is 0 Å². The van der Waals surface area contributed by atoms with E-state index in [4.69, 9.17) is 34.2 Å². The van der Waals surface area contributed by atoms with Gasteiger partial charge in [0.2, 0.25) is 5.91 Å². The highest BCUT2D eigenvalue weighted by Gasteiger charge is 2.53. The van der Waals surface area contributed by atoms with Crippen LogP contribution in [0.5, 0.6) is 0 Å². The maximum atomic E-state index is 13.3. The van der Waals surface area contributed by atoms with E-state index in [0.717, 1.165) is 37.6 Å². The molecule has 1 saturated heterocycles. The van der Waals surface area contributed by atoms with E-state index in [1.54, 1.807) is 23.1 Å². The summed E-state index contributed by atoms with van der Waals surface area (Å²) in [5.74, 6) is -0.00839. The standard InChI is InChI=1S/C20H25BrClN3O2S/c1-20(2)18(26)24(15-4-3-13(12-23)17(22)11-15)19(28)25(20)14-5-7-16(8-6-14)27-10-9-21/h3-4,11,14,16,19,28H,5-10H2,1-2H3. The second-order valence-corrected chi connectivity index (χ2v) is 9.42. The van der Waals surface area contributed by atoms with Gasteiger partial charge in [-0.25, -0.2) is 0 Å². The number of hydrogen-bond acceptors (Lipinski definition) is 5. The lowest BCUT2D eigenvalue weighted by Gasteiger charge is -2.41. The highest BCUT2D eigenvalue weighted by molar-refractivity contribution is 9.09. The lowest BCUT2D eigenvalue weighted by molar-refractivity contribution is -0.124. The zero-order chi connectivity index (χ0) is 20.5. The molecule has 152 valence electrons. The van der Waals surface area contributed by atoms with Gasteiger partial charge in [0.1, 0.15) is 11.6 Å². The summed E-state index contributed by atoms with van der Waals surface area (Å²) in [6.45, 7) is 4.64. The second kappa shape index (κ2) is 8.93. The summed E-state index contributed by atoms with van der Waals surface area (Å²) in [4.78, 5) is 17.2. The van der Waals surface area contributed by atoms with E-state index < -0.39 is 5.54 Å². The van der Waals surface area contributed by atoms with Crippen molar-refractivity contribution in [3.05, 3.63) is 28.8 Å². The number of thiol groups is 1. The van der Waals surface area contributed by atoms with Crippen LogP contribution in [0.15, 0.2) is 18.2 Å². The molecule has 0 aromatic heterocycles. The number of carbonyl (C=O) groups excluding carboxylic acids is 1. The van der Waals surface area contributed by atoms with Crippen molar-refractivity contribution in [1.82, 2.24) is 4.90 Å². The number of nitrogens with zero attached hydrogens (tertiary/aromatic N) is 3. The summed E-state index contributed by atoms with van der Waals surface area (Å²) in [6.07, 6.45) is 4.22. The predicted molar refractivity (Wildman–Crippen MR) is 118 cm³/mol. The van der Waals surface area contributed by atoms with Crippen molar-refractivity contribution in [2.45, 2.75) is 62.7 Å². The largest absolute Gasteiger partial charge is 0.377 e. The summed E-state index contributed by atoms with van der Waals surface area (Å²) < 4.78 is 5.87. The van der Waals surface area contributed by atoms with Crippen molar-refractivity contribution in [2.24, 2.45) is 0 Å². The van der Waals surface area contributed by atoms with E-state index in [1.807, 2.05) is 13.8 Å². The van der Waals surface area contributed by atoms with E-state index in [2.05, 4.69) is 26.9 Å². The van der Waals surface area contributed by atoms with Crippen LogP contribution in [0.3, 0.4) is 0 Å². The number of amides is 1. The first-order valence-electron chi connectivity index (χ1n) is 9.48. The zero-order valence-corrected chi connectivity index (χ0v) is 19.3. The van der Waals surface area contributed by atoms with Crippen LogP contribution in [-0.4, -0.2) is 45.9 Å². The van der Waals surface area contributed by atoms with Gasteiger partial charge in [0, 0.05) is 17.1 Å². The molecule has 1 aliphatic heterocycles. The third-order valence-electron chi connectivity index (χ3n) is 5.69. The molecule has 0 N–H and O–H groups in total. The van der Waals surface area contributed by atoms with Gasteiger partial charge < -0.3 is 4.74 Å². The van der Waals surface area contributed by atoms with Crippen molar-refractivity contribution >= 4 is 51.8 Å². The van der Waals surface area contributed by atoms with Crippen molar-refractivity contribution in [1.29, 1.82) is 5.26 Å². The molecule has 1 atom stereocenters. The molecule has 8 heteroatoms. The minimum Gasteiger partial charge on any atom is -0.377 e. The van der Waals surface area contributed by atoms with Crippen LogP contribution in [0.4, 0.5) is 5.69 Å². The van der Waals surface area contributed by atoms with E-state index in [-0.39, 0.29) is 17.4 Å². The van der Waals surface area contributed by atoms with Crippen LogP contribution in [0, 0.1) is 11.3 Å². The van der Waals surface area contributed by atoms with Crippen molar-refractivity contribution in [2.75, 3.05) is 16.8 Å². The summed E-state index contributed by atoms with van der Waals surface area (Å²) in [5.41, 5.74) is 0.0159. The van der Waals surface area contributed by atoms with Crippen molar-refractivity contribution in [3.63, 3.8) is 0 Å². The summed E-state index contributed by atoms with van der Waals surface area (Å²) >= 11 is 14.4. The maximum Gasteiger partial charge on any atom is 0.249 e. The normalized spacial score (nSPS) is 27.8. The van der Waals surface area contributed by atoms with Gasteiger partial charge in [0.15, 0.2) is 0 Å². The van der Waals surface area contributed by atoms with Gasteiger partial charge in [0.25, 0.3) is 0 Å². The minimum atomic E-state index is -0.666. The van der Waals surface area contributed by atoms with Gasteiger partial charge in [-0.15, -0.1) is 12.6 Å². The molecule has 0 bridgehead atoms. The van der Waals surface area contributed by atoms with Crippen LogP contribution in [0.1, 0.15) is 45.1 Å². The highest BCUT2D eigenvalue weighted by atomic mass is 79.9. The molecule has 1 saturated carbocycles. The summed E-state index contributed by atoms with van der Waals surface area (Å²) in [5, 5.41) is 10.3. The molecular formula is C20H25BrClN3O2S. The molecule has 1 aromatic rings. The smallest absolute Gasteiger partial charge is 0.249 e. The Morgan fingerprint density at radius 1 is 1.36 bits per heavy atom. The monoisotopic (exact) mass is 485 g/mol. The molecule has 3 rings (SSSR count). The van der Waals surface area contributed by atoms with Crippen LogP contribution >= 0.6 is 40.2 Å². The van der Waals surface area contributed by atoms with Crippen LogP contribution in [0.2, 0.25) is 5.02 Å². The van der Waals surface area contributed by atoms with Crippen molar-refractivity contribution in [3.8, 4) is 6.07 Å². The first kappa shape index (κ1) is 21.9. The van der Waals surface area contributed by atoms with Gasteiger partial charge in [-0.3, -0.25) is 14.6 Å². The molecule has 0 spiro atoms. The lowest BCUT2D eigenvalue weighted by Crippen LogP contribution is -2.52. The van der Waals surface area contributed by atoms with E-state index in [9.17, 15) is 4.79 Å². The molecule has 2 aliphatic rings. The fourth-order valence-corrected chi connectivity index (χ4v) is 5.38. The number of alkyl halides is 1. The number of benzene rings is 1. The number of anilines is 1. The molecular weight excluding hydrogens is 462 g/mol. The fraction of sp³-hybridized carbons (Fsp3) is 0.600. The lowest BCUT2D eigenvalue weighted by atomic mass is 9.89. The summed E-state index contributed by atoms with van der Waals surface area (Å²) in [7, 11) is 0. The second-order valence-electron chi connectivity index (χ2n) is 7.75. The van der Waals surface area contributed by atoms with E-state index in [0.29, 0.717) is 22.4 Å². The Hall–Kier alpha value is -0.780. The number of carbonyl (C=O) groups is 1. The Morgan fingerprint density at radius 2 is 2.04 bits per heavy atom. The Labute approximate surface area is 185 Å². The summed E-state index contributed by atoms with van der Waals surface area (Å²) in [6, 6.07) is 7.40. The number of rotatable bonds is 5. The molecule has 1 aromatic carbocycles. The topological polar surface area (TPSA) is 56.6 Å². The number of halogens is 2. The van der Waals surface area contributed by atoms with E-state index >= 15 is 0 Å². The molecule has 5 nitrogen and oxygen atoms in total. The molecule has 28 heavy (non-hydrogen) atoms. The first-order valence-corrected chi connectivity index (χ1v) is 11.5. The SMILES string of the molecule is CC1(C)C(=O)N(c2ccc(C#N)c(Cl)c2)C(S)N1C1CCC(OCCBr)CC1. The Morgan fingerprint density at radius 3 is 2.61 bits per heavy atom. The Bertz CT molecular complexity index is 777. The van der Waals surface area contributed by atoms with Gasteiger partial charge in [-0.1, -0.05) is 27.5 Å². The molecule has 1 amide bonds. The molecule has 0 radical (unpaired) electrons. The first-order chi connectivity index (χ1) is 13.3. The molecule has 2 fully saturated rings. The van der Waals surface area contributed by atoms with Gasteiger partial charge in [-0.2, -0.15) is 5.26 Å². The fourth-order valence-electron chi connectivity index (χ4n) is 4.26. The quantitative estimate of drug-likeness (QED) is 0.489. The van der Waals surface area contributed by atoms with Crippen LogP contribution in [-0.2, 0) is 9.53 Å². The zero-order valence-electron chi connectivity index (χ0n) is 16.1. The Balaban J connectivity index is 1.80. The molecule has 1 heterocycles. The number of nitriles is 1. The highest BCUT2D eigenvalue weighted by Crippen LogP contribution is 2.42. The molecule has 1 aliphatic carbocycles. The third-order valence-corrected chi connectivity index (χ3v) is 6.80. The van der Waals surface area contributed by atoms with Gasteiger partial charge in [-0.05, 0) is 57.7 Å². The number of hydrogen-bond donors (Lipinski definition) is 1. The average molecular weight is 487 g/mol. The van der Waals surface area contributed by atoms with Gasteiger partial charge in [0.05, 0.1) is 28.8 Å². The number of ether oxygens (including phenoxy) is 1. The van der Waals surface area contributed by atoms with Crippen LogP contribution in [0.25, 0.3) is 0 Å². The minimum absolute atomic E-state index is 0.00839. The Kier molecular flexibility index (Phi) is 6.99.